The third-order valence-electron chi connectivity index (χ3n) is 3.62. The maximum atomic E-state index is 11.1. The Balaban J connectivity index is 1.92. The topological polar surface area (TPSA) is 46.3 Å². The second-order valence-corrected chi connectivity index (χ2v) is 5.54. The molecule has 1 heterocycles. The summed E-state index contributed by atoms with van der Waals surface area (Å²) in [7, 11) is 0. The van der Waals surface area contributed by atoms with Gasteiger partial charge in [-0.3, -0.25) is 4.79 Å². The van der Waals surface area contributed by atoms with E-state index in [4.69, 9.17) is 17.3 Å². The average Bonchev–Trinajstić information content (AvgIpc) is 2.77. The zero-order valence-electron chi connectivity index (χ0n) is 10.6. The highest BCUT2D eigenvalue weighted by molar-refractivity contribution is 6.30. The van der Waals surface area contributed by atoms with Crippen LogP contribution < -0.4 is 5.73 Å². The molecular formula is C14H19ClN2O. The van der Waals surface area contributed by atoms with Gasteiger partial charge in [0.25, 0.3) is 0 Å². The van der Waals surface area contributed by atoms with E-state index >= 15 is 0 Å². The van der Waals surface area contributed by atoms with Crippen LogP contribution in [0.3, 0.4) is 0 Å². The Labute approximate surface area is 113 Å². The highest BCUT2D eigenvalue weighted by atomic mass is 35.5. The molecule has 2 N–H and O–H groups in total. The quantitative estimate of drug-likeness (QED) is 0.909. The van der Waals surface area contributed by atoms with E-state index < -0.39 is 0 Å². The van der Waals surface area contributed by atoms with Gasteiger partial charge in [-0.1, -0.05) is 30.7 Å². The number of nitrogens with zero attached hydrogens (tertiary/aromatic N) is 1. The van der Waals surface area contributed by atoms with Crippen molar-refractivity contribution in [1.29, 1.82) is 0 Å². The van der Waals surface area contributed by atoms with Crippen LogP contribution in [-0.4, -0.2) is 30.4 Å². The van der Waals surface area contributed by atoms with Crippen LogP contribution >= 0.6 is 11.6 Å². The van der Waals surface area contributed by atoms with Crippen molar-refractivity contribution in [3.63, 3.8) is 0 Å². The molecule has 2 rings (SSSR count). The molecule has 98 valence electrons. The van der Waals surface area contributed by atoms with Crippen LogP contribution in [0.5, 0.6) is 0 Å². The summed E-state index contributed by atoms with van der Waals surface area (Å²) in [6.45, 7) is 4.88. The number of hydrogen-bond donors (Lipinski definition) is 1. The number of benzene rings is 1. The molecule has 4 heteroatoms. The molecule has 0 unspecified atom stereocenters. The molecule has 1 aliphatic rings. The number of amides is 1. The number of carbonyl (C=O) groups is 1. The van der Waals surface area contributed by atoms with Crippen molar-refractivity contribution < 1.29 is 4.79 Å². The van der Waals surface area contributed by atoms with Gasteiger partial charge in [0.15, 0.2) is 0 Å². The Morgan fingerprint density at radius 3 is 3.00 bits per heavy atom. The molecule has 18 heavy (non-hydrogen) atoms. The highest BCUT2D eigenvalue weighted by Crippen LogP contribution is 2.23. The number of carbonyl (C=O) groups excluding carboxylic acids is 1. The first-order valence-corrected chi connectivity index (χ1v) is 6.71. The number of likely N-dealkylation sites (tertiary alicyclic amines) is 1. The zero-order valence-corrected chi connectivity index (χ0v) is 11.4. The molecule has 0 saturated carbocycles. The van der Waals surface area contributed by atoms with Crippen LogP contribution in [0, 0.1) is 5.92 Å². The molecule has 1 saturated heterocycles. The molecule has 1 amide bonds. The first-order valence-electron chi connectivity index (χ1n) is 6.33. The summed E-state index contributed by atoms with van der Waals surface area (Å²) in [5.74, 6) is 0.264. The Morgan fingerprint density at radius 2 is 2.39 bits per heavy atom. The van der Waals surface area contributed by atoms with E-state index in [1.54, 1.807) is 0 Å². The van der Waals surface area contributed by atoms with Gasteiger partial charge in [0.2, 0.25) is 5.91 Å². The van der Waals surface area contributed by atoms with Crippen LogP contribution in [0.15, 0.2) is 24.3 Å². The predicted molar refractivity (Wildman–Crippen MR) is 73.6 cm³/mol. The van der Waals surface area contributed by atoms with Crippen LogP contribution in [0.25, 0.3) is 0 Å². The minimum Gasteiger partial charge on any atom is -0.369 e. The van der Waals surface area contributed by atoms with Crippen molar-refractivity contribution in [3.05, 3.63) is 34.9 Å². The minimum atomic E-state index is -0.173. The molecule has 1 aromatic carbocycles. The van der Waals surface area contributed by atoms with Crippen molar-refractivity contribution in [2.24, 2.45) is 11.7 Å². The van der Waals surface area contributed by atoms with Crippen LogP contribution in [0.1, 0.15) is 24.8 Å². The second kappa shape index (κ2) is 5.72. The smallest absolute Gasteiger partial charge is 0.221 e. The lowest BCUT2D eigenvalue weighted by Crippen LogP contribution is -2.29. The van der Waals surface area contributed by atoms with E-state index in [0.29, 0.717) is 5.92 Å². The van der Waals surface area contributed by atoms with Gasteiger partial charge in [-0.05, 0) is 36.6 Å². The van der Waals surface area contributed by atoms with E-state index in [1.165, 1.54) is 5.56 Å². The Kier molecular flexibility index (Phi) is 4.25. The third kappa shape index (κ3) is 3.24. The highest BCUT2D eigenvalue weighted by Gasteiger charge is 2.27. The van der Waals surface area contributed by atoms with Crippen molar-refractivity contribution in [2.75, 3.05) is 19.6 Å². The third-order valence-corrected chi connectivity index (χ3v) is 3.86. The molecule has 3 nitrogen and oxygen atoms in total. The lowest BCUT2D eigenvalue weighted by atomic mass is 10.0. The Morgan fingerprint density at radius 1 is 1.61 bits per heavy atom. The molecular weight excluding hydrogens is 248 g/mol. The fraction of sp³-hybridized carbons (Fsp3) is 0.500. The summed E-state index contributed by atoms with van der Waals surface area (Å²) in [5.41, 5.74) is 6.58. The van der Waals surface area contributed by atoms with Crippen molar-refractivity contribution in [2.45, 2.75) is 19.3 Å². The van der Waals surface area contributed by atoms with E-state index in [1.807, 2.05) is 18.2 Å². The lowest BCUT2D eigenvalue weighted by Gasteiger charge is -2.21. The number of nitrogens with two attached hydrogens (primary N) is 1. The van der Waals surface area contributed by atoms with Crippen molar-refractivity contribution in [1.82, 2.24) is 4.90 Å². The van der Waals surface area contributed by atoms with Gasteiger partial charge in [0.05, 0.1) is 5.92 Å². The number of halogens is 1. The molecule has 0 aliphatic carbocycles. The monoisotopic (exact) mass is 266 g/mol. The number of rotatable bonds is 4. The van der Waals surface area contributed by atoms with Gasteiger partial charge in [0.1, 0.15) is 0 Å². The van der Waals surface area contributed by atoms with Crippen LogP contribution in [-0.2, 0) is 4.79 Å². The number of primary amides is 1. The average molecular weight is 267 g/mol. The second-order valence-electron chi connectivity index (χ2n) is 5.10. The van der Waals surface area contributed by atoms with Crippen molar-refractivity contribution >= 4 is 17.5 Å². The molecule has 1 fully saturated rings. The Hall–Kier alpha value is -1.06. The standard InChI is InChI=1S/C14H19ClN2O/c1-10(11-3-2-4-13(15)7-11)8-17-6-5-12(9-17)14(16)18/h2-4,7,10,12H,5-6,8-9H2,1H3,(H2,16,18)/t10-,12-/m0/s1. The minimum absolute atomic E-state index is 0.0246. The zero-order chi connectivity index (χ0) is 13.1. The molecule has 0 bridgehead atoms. The first-order chi connectivity index (χ1) is 8.56. The van der Waals surface area contributed by atoms with Crippen molar-refractivity contribution in [3.8, 4) is 0 Å². The maximum absolute atomic E-state index is 11.1. The van der Waals surface area contributed by atoms with Gasteiger partial charge in [-0.25, -0.2) is 0 Å². The molecule has 0 spiro atoms. The Bertz CT molecular complexity index is 436. The van der Waals surface area contributed by atoms with E-state index in [0.717, 1.165) is 31.1 Å². The number of hydrogen-bond acceptors (Lipinski definition) is 2. The van der Waals surface area contributed by atoms with Gasteiger partial charge in [0, 0.05) is 18.1 Å². The summed E-state index contributed by atoms with van der Waals surface area (Å²) in [5, 5.41) is 0.774. The summed E-state index contributed by atoms with van der Waals surface area (Å²) in [6, 6.07) is 7.97. The molecule has 1 aromatic rings. The molecule has 1 aliphatic heterocycles. The van der Waals surface area contributed by atoms with Crippen LogP contribution in [0.4, 0.5) is 0 Å². The summed E-state index contributed by atoms with van der Waals surface area (Å²) >= 11 is 6.00. The predicted octanol–water partition coefficient (Wildman–Crippen LogP) is 2.25. The van der Waals surface area contributed by atoms with Gasteiger partial charge < -0.3 is 10.6 Å². The van der Waals surface area contributed by atoms with E-state index in [2.05, 4.69) is 17.9 Å². The van der Waals surface area contributed by atoms with E-state index in [-0.39, 0.29) is 11.8 Å². The fourth-order valence-electron chi connectivity index (χ4n) is 2.54. The van der Waals surface area contributed by atoms with Gasteiger partial charge >= 0.3 is 0 Å². The summed E-state index contributed by atoms with van der Waals surface area (Å²) < 4.78 is 0. The maximum Gasteiger partial charge on any atom is 0.221 e. The molecule has 2 atom stereocenters. The lowest BCUT2D eigenvalue weighted by molar-refractivity contribution is -0.121. The summed E-state index contributed by atoms with van der Waals surface area (Å²) in [4.78, 5) is 13.4. The largest absolute Gasteiger partial charge is 0.369 e. The SMILES string of the molecule is C[C@@H](CN1CC[C@H](C(N)=O)C1)c1cccc(Cl)c1. The normalized spacial score (nSPS) is 22.0. The van der Waals surface area contributed by atoms with Gasteiger partial charge in [-0.15, -0.1) is 0 Å². The fourth-order valence-corrected chi connectivity index (χ4v) is 2.74. The molecule has 0 radical (unpaired) electrons. The van der Waals surface area contributed by atoms with Gasteiger partial charge in [-0.2, -0.15) is 0 Å². The summed E-state index contributed by atoms with van der Waals surface area (Å²) in [6.07, 6.45) is 0.887. The van der Waals surface area contributed by atoms with Crippen LogP contribution in [0.2, 0.25) is 5.02 Å². The van der Waals surface area contributed by atoms with E-state index in [9.17, 15) is 4.79 Å². The first kappa shape index (κ1) is 13.4. The molecule has 0 aromatic heterocycles.